The first kappa shape index (κ1) is 43.8. The molecule has 11 nitrogen and oxygen atoms in total. The molecule has 1 saturated heterocycles. The average molecular weight is 730 g/mol. The van der Waals surface area contributed by atoms with Crippen molar-refractivity contribution in [1.82, 2.24) is 20.9 Å². The van der Waals surface area contributed by atoms with Crippen molar-refractivity contribution in [1.29, 1.82) is 0 Å². The molecule has 4 unspecified atom stereocenters. The maximum Gasteiger partial charge on any atom is 0.240 e. The highest BCUT2D eigenvalue weighted by Crippen LogP contribution is 2.30. The normalized spacial score (nSPS) is 19.1. The molecule has 1 heterocycles. The first-order valence-corrected chi connectivity index (χ1v) is 20.1. The predicted octanol–water partition coefficient (Wildman–Crippen LogP) is 4.69. The SMILES string of the molecule is CCCC[C@H](NC(Cc1ccccc1)C(=O)N1CCC(OCOC)CC1)C(=O)NC(CC1CCCCC1)C(O)CC(C(=O)NCC(C)(C)N)C(C)C. The first-order valence-electron chi connectivity index (χ1n) is 20.1. The van der Waals surface area contributed by atoms with E-state index >= 15 is 0 Å². The van der Waals surface area contributed by atoms with Crippen LogP contribution in [0.1, 0.15) is 117 Å². The second kappa shape index (κ2) is 22.6. The van der Waals surface area contributed by atoms with Gasteiger partial charge in [-0.1, -0.05) is 96.0 Å². The lowest BCUT2D eigenvalue weighted by Gasteiger charge is -2.36. The Balaban J connectivity index is 1.82. The van der Waals surface area contributed by atoms with Gasteiger partial charge in [0.2, 0.25) is 17.7 Å². The van der Waals surface area contributed by atoms with E-state index in [1.54, 1.807) is 7.11 Å². The van der Waals surface area contributed by atoms with Crippen molar-refractivity contribution in [2.24, 2.45) is 23.5 Å². The zero-order valence-corrected chi connectivity index (χ0v) is 33.0. The average Bonchev–Trinajstić information content (AvgIpc) is 3.13. The largest absolute Gasteiger partial charge is 0.391 e. The number of aliphatic hydroxyl groups excluding tert-OH is 1. The monoisotopic (exact) mass is 730 g/mol. The maximum absolute atomic E-state index is 14.4. The summed E-state index contributed by atoms with van der Waals surface area (Å²) in [6.45, 7) is 11.5. The molecule has 3 rings (SSSR count). The van der Waals surface area contributed by atoms with Gasteiger partial charge >= 0.3 is 0 Å². The molecule has 1 aliphatic heterocycles. The van der Waals surface area contributed by atoms with Crippen molar-refractivity contribution < 1.29 is 29.0 Å². The Bertz CT molecular complexity index is 1180. The van der Waals surface area contributed by atoms with E-state index in [2.05, 4.69) is 22.9 Å². The van der Waals surface area contributed by atoms with Gasteiger partial charge in [-0.3, -0.25) is 19.7 Å². The van der Waals surface area contributed by atoms with Crippen molar-refractivity contribution >= 4 is 17.7 Å². The van der Waals surface area contributed by atoms with Crippen molar-refractivity contribution in [2.75, 3.05) is 33.5 Å². The van der Waals surface area contributed by atoms with Crippen LogP contribution in [0, 0.1) is 17.8 Å². The topological polar surface area (TPSA) is 155 Å². The number of nitrogens with one attached hydrogen (secondary N) is 3. The van der Waals surface area contributed by atoms with E-state index in [4.69, 9.17) is 15.2 Å². The van der Waals surface area contributed by atoms with Gasteiger partial charge in [0, 0.05) is 38.2 Å². The van der Waals surface area contributed by atoms with Crippen LogP contribution in [-0.2, 0) is 30.3 Å². The third kappa shape index (κ3) is 15.4. The van der Waals surface area contributed by atoms with Crippen LogP contribution in [0.3, 0.4) is 0 Å². The van der Waals surface area contributed by atoms with E-state index in [1.165, 1.54) is 6.42 Å². The van der Waals surface area contributed by atoms with Crippen LogP contribution in [0.4, 0.5) is 0 Å². The third-order valence-electron chi connectivity index (χ3n) is 10.8. The summed E-state index contributed by atoms with van der Waals surface area (Å²) in [5, 5.41) is 21.6. The lowest BCUT2D eigenvalue weighted by atomic mass is 9.81. The Hall–Kier alpha value is -2.57. The van der Waals surface area contributed by atoms with Crippen LogP contribution >= 0.6 is 0 Å². The smallest absolute Gasteiger partial charge is 0.240 e. The number of carbonyl (C=O) groups excluding carboxylic acids is 3. The zero-order valence-electron chi connectivity index (χ0n) is 33.0. The first-order chi connectivity index (χ1) is 24.8. The number of carbonyl (C=O) groups is 3. The number of nitrogens with two attached hydrogens (primary N) is 1. The lowest BCUT2D eigenvalue weighted by Crippen LogP contribution is -2.58. The highest BCUT2D eigenvalue weighted by molar-refractivity contribution is 5.86. The second-order valence-electron chi connectivity index (χ2n) is 16.4. The third-order valence-corrected chi connectivity index (χ3v) is 10.8. The van der Waals surface area contributed by atoms with Crippen molar-refractivity contribution in [3.05, 3.63) is 35.9 Å². The minimum absolute atomic E-state index is 0.0121. The molecule has 1 saturated carbocycles. The minimum Gasteiger partial charge on any atom is -0.391 e. The number of ether oxygens (including phenoxy) is 2. The zero-order chi connectivity index (χ0) is 38.1. The Morgan fingerprint density at radius 1 is 1.00 bits per heavy atom. The fourth-order valence-corrected chi connectivity index (χ4v) is 7.57. The second-order valence-corrected chi connectivity index (χ2v) is 16.4. The Kier molecular flexibility index (Phi) is 19.1. The van der Waals surface area contributed by atoms with E-state index in [0.717, 1.165) is 56.9 Å². The van der Waals surface area contributed by atoms with Gasteiger partial charge in [0.1, 0.15) is 6.79 Å². The van der Waals surface area contributed by atoms with Crippen LogP contribution in [0.25, 0.3) is 0 Å². The van der Waals surface area contributed by atoms with Gasteiger partial charge in [-0.25, -0.2) is 0 Å². The molecule has 2 fully saturated rings. The van der Waals surface area contributed by atoms with E-state index < -0.39 is 35.7 Å². The minimum atomic E-state index is -0.912. The number of piperidine rings is 1. The quantitative estimate of drug-likeness (QED) is 0.108. The van der Waals surface area contributed by atoms with Gasteiger partial charge in [-0.15, -0.1) is 0 Å². The summed E-state index contributed by atoms with van der Waals surface area (Å²) in [7, 11) is 1.61. The van der Waals surface area contributed by atoms with Crippen molar-refractivity contribution in [2.45, 2.75) is 154 Å². The predicted molar refractivity (Wildman–Crippen MR) is 206 cm³/mol. The van der Waals surface area contributed by atoms with E-state index in [9.17, 15) is 19.5 Å². The molecule has 3 amide bonds. The summed E-state index contributed by atoms with van der Waals surface area (Å²) in [6, 6.07) is 8.17. The summed E-state index contributed by atoms with van der Waals surface area (Å²) in [6.07, 6.45) is 9.84. The molecule has 1 aromatic rings. The van der Waals surface area contributed by atoms with Crippen LogP contribution < -0.4 is 21.7 Å². The lowest BCUT2D eigenvalue weighted by molar-refractivity contribution is -0.139. The molecular weight excluding hydrogens is 658 g/mol. The Labute approximate surface area is 313 Å². The molecule has 0 radical (unpaired) electrons. The number of likely N-dealkylation sites (tertiary alicyclic amines) is 1. The number of hydrogen-bond donors (Lipinski definition) is 5. The molecule has 1 aromatic carbocycles. The molecule has 0 bridgehead atoms. The molecular formula is C41H71N5O6. The summed E-state index contributed by atoms with van der Waals surface area (Å²) in [5.41, 5.74) is 6.60. The van der Waals surface area contributed by atoms with E-state index in [0.29, 0.717) is 44.8 Å². The van der Waals surface area contributed by atoms with Gasteiger partial charge in [-0.05, 0) is 69.8 Å². The number of aliphatic hydroxyl groups is 1. The molecule has 0 aromatic heterocycles. The number of methoxy groups -OCH3 is 1. The fraction of sp³-hybridized carbons (Fsp3) is 0.780. The highest BCUT2D eigenvalue weighted by Gasteiger charge is 2.36. The maximum atomic E-state index is 14.4. The molecule has 2 aliphatic rings. The number of rotatable bonds is 22. The molecule has 1 aliphatic carbocycles. The molecule has 6 N–H and O–H groups in total. The highest BCUT2D eigenvalue weighted by atomic mass is 16.7. The standard InChI is InChI=1S/C41H71N5O6/c1-7-8-19-34(44-36(25-31-17-13-10-14-18-31)40(50)46-22-20-32(21-23-46)52-28-51-6)39(49)45-35(24-30-15-11-9-12-16-30)37(47)26-33(29(2)3)38(48)43-27-41(4,5)42/h10,13-14,17-18,29-30,32-37,44,47H,7-9,11-12,15-16,19-28,42H2,1-6H3,(H,43,48)(H,45,49)/t33?,34-,35?,36?,37?/m0/s1. The van der Waals surface area contributed by atoms with Gasteiger partial charge in [0.05, 0.1) is 30.3 Å². The van der Waals surface area contributed by atoms with Gasteiger partial charge < -0.3 is 35.8 Å². The van der Waals surface area contributed by atoms with Gasteiger partial charge in [-0.2, -0.15) is 0 Å². The summed E-state index contributed by atoms with van der Waals surface area (Å²) < 4.78 is 10.8. The molecule has 0 spiro atoms. The van der Waals surface area contributed by atoms with Crippen LogP contribution in [0.15, 0.2) is 30.3 Å². The summed E-state index contributed by atoms with van der Waals surface area (Å²) in [4.78, 5) is 43.8. The molecule has 11 heteroatoms. The number of hydrogen-bond acceptors (Lipinski definition) is 8. The molecule has 296 valence electrons. The molecule has 5 atom stereocenters. The fourth-order valence-electron chi connectivity index (χ4n) is 7.57. The van der Waals surface area contributed by atoms with Crippen LogP contribution in [0.2, 0.25) is 0 Å². The Morgan fingerprint density at radius 3 is 2.27 bits per heavy atom. The number of benzene rings is 1. The van der Waals surface area contributed by atoms with E-state index in [1.807, 2.05) is 62.9 Å². The van der Waals surface area contributed by atoms with Crippen LogP contribution in [-0.4, -0.2) is 97.1 Å². The Morgan fingerprint density at radius 2 is 1.67 bits per heavy atom. The number of unbranched alkanes of at least 4 members (excludes halogenated alkanes) is 1. The number of amides is 3. The number of nitrogens with zero attached hydrogens (tertiary/aromatic N) is 1. The van der Waals surface area contributed by atoms with Gasteiger partial charge in [0.25, 0.3) is 0 Å². The molecule has 52 heavy (non-hydrogen) atoms. The van der Waals surface area contributed by atoms with E-state index in [-0.39, 0.29) is 43.0 Å². The van der Waals surface area contributed by atoms with Crippen molar-refractivity contribution in [3.8, 4) is 0 Å². The summed E-state index contributed by atoms with van der Waals surface area (Å²) >= 11 is 0. The van der Waals surface area contributed by atoms with Crippen LogP contribution in [0.5, 0.6) is 0 Å². The van der Waals surface area contributed by atoms with Crippen molar-refractivity contribution in [3.63, 3.8) is 0 Å². The summed E-state index contributed by atoms with van der Waals surface area (Å²) in [5.74, 6) is -0.413. The van der Waals surface area contributed by atoms with Gasteiger partial charge in [0.15, 0.2) is 0 Å².